The van der Waals surface area contributed by atoms with Gasteiger partial charge in [-0.3, -0.25) is 14.4 Å². The minimum Gasteiger partial charge on any atom is -0.456 e. The lowest BCUT2D eigenvalue weighted by Crippen LogP contribution is -2.35. The van der Waals surface area contributed by atoms with Crippen LogP contribution < -0.4 is 5.43 Å². The predicted molar refractivity (Wildman–Crippen MR) is 126 cm³/mol. The Bertz CT molecular complexity index is 1020. The molecule has 0 saturated carbocycles. The lowest BCUT2D eigenvalue weighted by Gasteiger charge is -2.28. The molecule has 7 heteroatoms. The summed E-state index contributed by atoms with van der Waals surface area (Å²) >= 11 is 0. The molecule has 0 bridgehead atoms. The van der Waals surface area contributed by atoms with Crippen LogP contribution in [0.1, 0.15) is 55.4 Å². The largest absolute Gasteiger partial charge is 0.456 e. The van der Waals surface area contributed by atoms with Crippen LogP contribution in [0.15, 0.2) is 71.9 Å². The van der Waals surface area contributed by atoms with E-state index in [0.29, 0.717) is 32.2 Å². The lowest BCUT2D eigenvalue weighted by molar-refractivity contribution is -0.152. The van der Waals surface area contributed by atoms with Gasteiger partial charge >= 0.3 is 5.97 Å². The fraction of sp³-hybridized carbons (Fsp3) is 0.308. The lowest BCUT2D eigenvalue weighted by atomic mass is 10.1. The number of hydrazone groups is 1. The molecule has 0 aromatic heterocycles. The van der Waals surface area contributed by atoms with Gasteiger partial charge in [0.25, 0.3) is 0 Å². The van der Waals surface area contributed by atoms with Gasteiger partial charge in [0.2, 0.25) is 11.8 Å². The first kappa shape index (κ1) is 23.9. The summed E-state index contributed by atoms with van der Waals surface area (Å²) in [6.45, 7) is 2.02. The second kappa shape index (κ2) is 12.3. The molecule has 0 spiro atoms. The van der Waals surface area contributed by atoms with Gasteiger partial charge in [-0.15, -0.1) is 0 Å². The highest BCUT2D eigenvalue weighted by Gasteiger charge is 2.24. The molecule has 1 N–H and O–H groups in total. The Morgan fingerprint density at radius 1 is 1.09 bits per heavy atom. The van der Waals surface area contributed by atoms with Crippen molar-refractivity contribution in [3.05, 3.63) is 83.4 Å². The van der Waals surface area contributed by atoms with Gasteiger partial charge in [-0.25, -0.2) is 5.43 Å². The van der Waals surface area contributed by atoms with Crippen LogP contribution >= 0.6 is 0 Å². The van der Waals surface area contributed by atoms with E-state index in [2.05, 4.69) is 10.5 Å². The van der Waals surface area contributed by atoms with Gasteiger partial charge < -0.3 is 9.64 Å². The third-order valence-corrected chi connectivity index (χ3v) is 5.15. The van der Waals surface area contributed by atoms with Crippen LogP contribution in [0.25, 0.3) is 0 Å². The highest BCUT2D eigenvalue weighted by Crippen LogP contribution is 2.22. The van der Waals surface area contributed by atoms with Gasteiger partial charge in [0.05, 0.1) is 12.8 Å². The number of carbonyl (C=O) groups is 3. The first-order valence-electron chi connectivity index (χ1n) is 11.1. The minimum atomic E-state index is -0.546. The van der Waals surface area contributed by atoms with Crippen molar-refractivity contribution in [3.63, 3.8) is 0 Å². The molecule has 2 amide bonds. The van der Waals surface area contributed by atoms with Gasteiger partial charge in [-0.2, -0.15) is 5.10 Å². The molecule has 0 unspecified atom stereocenters. The molecule has 1 heterocycles. The average molecular weight is 448 g/mol. The van der Waals surface area contributed by atoms with Gasteiger partial charge in [-0.1, -0.05) is 60.7 Å². The summed E-state index contributed by atoms with van der Waals surface area (Å²) in [6, 6.07) is 17.1. The van der Waals surface area contributed by atoms with Crippen LogP contribution in [-0.4, -0.2) is 35.4 Å². The smallest absolute Gasteiger partial charge is 0.306 e. The van der Waals surface area contributed by atoms with E-state index in [1.54, 1.807) is 11.1 Å². The van der Waals surface area contributed by atoms with E-state index in [0.717, 1.165) is 16.7 Å². The van der Waals surface area contributed by atoms with Crippen LogP contribution in [0, 0.1) is 0 Å². The predicted octanol–water partition coefficient (Wildman–Crippen LogP) is 3.90. The highest BCUT2D eigenvalue weighted by molar-refractivity contribution is 5.82. The summed E-state index contributed by atoms with van der Waals surface area (Å²) in [5.41, 5.74) is 4.95. The number of hydrogen-bond donors (Lipinski definition) is 1. The fourth-order valence-corrected chi connectivity index (χ4v) is 3.54. The van der Waals surface area contributed by atoms with E-state index < -0.39 is 6.10 Å². The number of nitrogens with zero attached hydrogens (tertiary/aromatic N) is 2. The first-order valence-corrected chi connectivity index (χ1v) is 11.1. The molecule has 0 saturated heterocycles. The van der Waals surface area contributed by atoms with Crippen molar-refractivity contribution in [2.24, 2.45) is 5.10 Å². The maximum atomic E-state index is 13.1. The average Bonchev–Trinajstić information content (AvgIpc) is 2.80. The molecular formula is C26H29N3O4. The Morgan fingerprint density at radius 3 is 2.61 bits per heavy atom. The molecule has 1 aliphatic heterocycles. The number of cyclic esters (lactones) is 1. The van der Waals surface area contributed by atoms with E-state index >= 15 is 0 Å². The van der Waals surface area contributed by atoms with E-state index in [-0.39, 0.29) is 24.3 Å². The molecule has 1 atom stereocenters. The number of benzene rings is 2. The molecule has 2 aromatic rings. The van der Waals surface area contributed by atoms with Crippen LogP contribution in [0.3, 0.4) is 0 Å². The maximum absolute atomic E-state index is 13.1. The van der Waals surface area contributed by atoms with Crippen molar-refractivity contribution < 1.29 is 19.1 Å². The SMILES string of the molecule is CC(=O)N/N=C/c1cccc(CN2C[C@@H](c3ccccc3)OC(=O)CC/C=C/CCC2=O)c1. The molecule has 3 rings (SSSR count). The van der Waals surface area contributed by atoms with E-state index in [4.69, 9.17) is 4.74 Å². The number of esters is 1. The number of carbonyl (C=O) groups excluding carboxylic acids is 3. The Kier molecular flexibility index (Phi) is 8.94. The highest BCUT2D eigenvalue weighted by atomic mass is 16.5. The zero-order valence-corrected chi connectivity index (χ0v) is 18.8. The Morgan fingerprint density at radius 2 is 1.85 bits per heavy atom. The van der Waals surface area contributed by atoms with Crippen LogP contribution in [0.2, 0.25) is 0 Å². The second-order valence-corrected chi connectivity index (χ2v) is 7.88. The number of hydrogen-bond acceptors (Lipinski definition) is 5. The van der Waals surface area contributed by atoms with Gasteiger partial charge in [0.1, 0.15) is 6.10 Å². The van der Waals surface area contributed by atoms with E-state index in [1.807, 2.05) is 66.7 Å². The molecular weight excluding hydrogens is 418 g/mol. The monoisotopic (exact) mass is 447 g/mol. The molecule has 172 valence electrons. The zero-order valence-electron chi connectivity index (χ0n) is 18.8. The quantitative estimate of drug-likeness (QED) is 0.326. The Labute approximate surface area is 194 Å². The number of amides is 2. The van der Waals surface area contributed by atoms with E-state index in [1.165, 1.54) is 6.92 Å². The maximum Gasteiger partial charge on any atom is 0.306 e. The van der Waals surface area contributed by atoms with Crippen molar-refractivity contribution in [1.29, 1.82) is 0 Å². The molecule has 0 fully saturated rings. The summed E-state index contributed by atoms with van der Waals surface area (Å²) in [5.74, 6) is -0.532. The summed E-state index contributed by atoms with van der Waals surface area (Å²) in [4.78, 5) is 38.3. The van der Waals surface area contributed by atoms with Crippen molar-refractivity contribution in [2.45, 2.75) is 45.3 Å². The van der Waals surface area contributed by atoms with Gasteiger partial charge in [0.15, 0.2) is 0 Å². The zero-order chi connectivity index (χ0) is 23.5. The number of rotatable bonds is 5. The van der Waals surface area contributed by atoms with Crippen molar-refractivity contribution >= 4 is 24.0 Å². The third-order valence-electron chi connectivity index (χ3n) is 5.15. The van der Waals surface area contributed by atoms with Crippen molar-refractivity contribution in [1.82, 2.24) is 10.3 Å². The molecule has 7 nitrogen and oxygen atoms in total. The summed E-state index contributed by atoms with van der Waals surface area (Å²) < 4.78 is 5.80. The number of ether oxygens (including phenoxy) is 1. The molecule has 33 heavy (non-hydrogen) atoms. The summed E-state index contributed by atoms with van der Waals surface area (Å²) in [7, 11) is 0. The van der Waals surface area contributed by atoms with Gasteiger partial charge in [-0.05, 0) is 35.6 Å². The standard InChI is InChI=1S/C26H29N3O4/c1-20(30)28-27-17-21-10-9-11-22(16-21)18-29-19-24(23-12-5-4-6-13-23)33-26(32)15-8-3-2-7-14-25(29)31/h2-6,9-13,16-17,24H,7-8,14-15,18-19H2,1H3,(H,28,30)/b3-2+,27-17+/t24-/m0/s1. The third kappa shape index (κ3) is 8.03. The Balaban J connectivity index is 1.84. The topological polar surface area (TPSA) is 88.1 Å². The summed E-state index contributed by atoms with van der Waals surface area (Å²) in [6.07, 6.45) is 6.81. The first-order chi connectivity index (χ1) is 16.0. The fourth-order valence-electron chi connectivity index (χ4n) is 3.54. The van der Waals surface area contributed by atoms with E-state index in [9.17, 15) is 14.4 Å². The van der Waals surface area contributed by atoms with Crippen molar-refractivity contribution in [2.75, 3.05) is 6.54 Å². The second-order valence-electron chi connectivity index (χ2n) is 7.88. The summed E-state index contributed by atoms with van der Waals surface area (Å²) in [5, 5.41) is 3.90. The molecule has 1 aliphatic rings. The number of allylic oxidation sites excluding steroid dienone is 2. The van der Waals surface area contributed by atoms with Crippen molar-refractivity contribution in [3.8, 4) is 0 Å². The minimum absolute atomic E-state index is 0.00507. The van der Waals surface area contributed by atoms with Crippen LogP contribution in [0.5, 0.6) is 0 Å². The molecule has 2 aromatic carbocycles. The van der Waals surface area contributed by atoms with Crippen LogP contribution in [0.4, 0.5) is 0 Å². The van der Waals surface area contributed by atoms with Crippen LogP contribution in [-0.2, 0) is 25.7 Å². The Hall–Kier alpha value is -3.74. The number of nitrogens with one attached hydrogen (secondary N) is 1. The normalized spacial score (nSPS) is 18.8. The van der Waals surface area contributed by atoms with Gasteiger partial charge in [0, 0.05) is 26.3 Å². The molecule has 0 radical (unpaired) electrons. The molecule has 0 aliphatic carbocycles.